The molecule has 4 nitrogen and oxygen atoms in total. The average molecular weight is 258 g/mol. The van der Waals surface area contributed by atoms with Gasteiger partial charge in [-0.25, -0.2) is 4.98 Å². The standard InChI is InChI=1S/C15H18N2O2/c1-10-11(2)18-15(17-10)9-16-8-13-7-12-5-3-4-6-14(12)19-13/h3-6,13,16H,7-9H2,1-2H3. The van der Waals surface area contributed by atoms with Crippen LogP contribution in [0.15, 0.2) is 28.7 Å². The van der Waals surface area contributed by atoms with Crippen molar-refractivity contribution in [1.82, 2.24) is 10.3 Å². The zero-order valence-electron chi connectivity index (χ0n) is 11.3. The topological polar surface area (TPSA) is 47.3 Å². The molecule has 1 aliphatic rings. The van der Waals surface area contributed by atoms with Crippen molar-refractivity contribution < 1.29 is 9.15 Å². The smallest absolute Gasteiger partial charge is 0.208 e. The molecule has 0 radical (unpaired) electrons. The molecule has 0 saturated carbocycles. The maximum atomic E-state index is 5.86. The molecule has 0 fully saturated rings. The van der Waals surface area contributed by atoms with Gasteiger partial charge in [-0.3, -0.25) is 0 Å². The third-order valence-corrected chi connectivity index (χ3v) is 3.43. The van der Waals surface area contributed by atoms with Crippen LogP contribution in [0.3, 0.4) is 0 Å². The van der Waals surface area contributed by atoms with E-state index >= 15 is 0 Å². The Kier molecular flexibility index (Phi) is 3.25. The molecular formula is C15H18N2O2. The van der Waals surface area contributed by atoms with E-state index in [1.807, 2.05) is 26.0 Å². The predicted molar refractivity (Wildman–Crippen MR) is 72.2 cm³/mol. The lowest BCUT2D eigenvalue weighted by atomic mass is 10.1. The molecular weight excluding hydrogens is 240 g/mol. The fraction of sp³-hybridized carbons (Fsp3) is 0.400. The van der Waals surface area contributed by atoms with Crippen LogP contribution in [0.25, 0.3) is 0 Å². The monoisotopic (exact) mass is 258 g/mol. The molecule has 1 aromatic carbocycles. The van der Waals surface area contributed by atoms with Crippen LogP contribution in [0.4, 0.5) is 0 Å². The van der Waals surface area contributed by atoms with Crippen LogP contribution in [-0.4, -0.2) is 17.6 Å². The number of aromatic nitrogens is 1. The van der Waals surface area contributed by atoms with E-state index in [1.54, 1.807) is 0 Å². The van der Waals surface area contributed by atoms with Crippen LogP contribution >= 0.6 is 0 Å². The van der Waals surface area contributed by atoms with Crippen molar-refractivity contribution in [1.29, 1.82) is 0 Å². The van der Waals surface area contributed by atoms with Crippen LogP contribution in [0, 0.1) is 13.8 Å². The molecule has 0 spiro atoms. The Hall–Kier alpha value is -1.81. The predicted octanol–water partition coefficient (Wildman–Crippen LogP) is 2.38. The molecule has 0 aliphatic carbocycles. The van der Waals surface area contributed by atoms with Crippen LogP contribution in [0.5, 0.6) is 5.75 Å². The zero-order chi connectivity index (χ0) is 13.2. The summed E-state index contributed by atoms with van der Waals surface area (Å²) in [4.78, 5) is 4.34. The summed E-state index contributed by atoms with van der Waals surface area (Å²) in [5.74, 6) is 2.64. The number of para-hydroxylation sites is 1. The van der Waals surface area contributed by atoms with E-state index in [2.05, 4.69) is 22.4 Å². The van der Waals surface area contributed by atoms with Crippen LogP contribution in [0.1, 0.15) is 22.9 Å². The molecule has 1 N–H and O–H groups in total. The van der Waals surface area contributed by atoms with Gasteiger partial charge in [0.2, 0.25) is 5.89 Å². The number of hydrogen-bond acceptors (Lipinski definition) is 4. The Labute approximate surface area is 112 Å². The van der Waals surface area contributed by atoms with Gasteiger partial charge in [-0.1, -0.05) is 18.2 Å². The molecule has 2 aromatic rings. The first-order valence-corrected chi connectivity index (χ1v) is 6.60. The maximum absolute atomic E-state index is 5.86. The van der Waals surface area contributed by atoms with Crippen molar-refractivity contribution in [2.24, 2.45) is 0 Å². The summed E-state index contributed by atoms with van der Waals surface area (Å²) in [6.07, 6.45) is 1.17. The van der Waals surface area contributed by atoms with Crippen molar-refractivity contribution in [2.75, 3.05) is 6.54 Å². The van der Waals surface area contributed by atoms with E-state index in [9.17, 15) is 0 Å². The number of rotatable bonds is 4. The second-order valence-corrected chi connectivity index (χ2v) is 4.93. The number of hydrogen-bond donors (Lipinski definition) is 1. The molecule has 2 heterocycles. The Bertz CT molecular complexity index is 533. The second-order valence-electron chi connectivity index (χ2n) is 4.93. The zero-order valence-corrected chi connectivity index (χ0v) is 11.3. The molecule has 3 rings (SSSR count). The highest BCUT2D eigenvalue weighted by atomic mass is 16.5. The number of oxazole rings is 1. The van der Waals surface area contributed by atoms with Crippen LogP contribution in [0.2, 0.25) is 0 Å². The third-order valence-electron chi connectivity index (χ3n) is 3.43. The first-order valence-electron chi connectivity index (χ1n) is 6.60. The van der Waals surface area contributed by atoms with Crippen molar-refractivity contribution in [2.45, 2.75) is 32.9 Å². The summed E-state index contributed by atoms with van der Waals surface area (Å²) in [5, 5.41) is 3.34. The Balaban J connectivity index is 1.50. The van der Waals surface area contributed by atoms with E-state index in [4.69, 9.17) is 9.15 Å². The van der Waals surface area contributed by atoms with Gasteiger partial charge in [0.05, 0.1) is 12.2 Å². The molecule has 100 valence electrons. The van der Waals surface area contributed by atoms with E-state index in [0.29, 0.717) is 6.54 Å². The lowest BCUT2D eigenvalue weighted by molar-refractivity contribution is 0.225. The maximum Gasteiger partial charge on any atom is 0.208 e. The number of benzene rings is 1. The van der Waals surface area contributed by atoms with Crippen LogP contribution in [-0.2, 0) is 13.0 Å². The molecule has 0 saturated heterocycles. The SMILES string of the molecule is Cc1nc(CNCC2Cc3ccccc3O2)oc1C. The number of nitrogens with zero attached hydrogens (tertiary/aromatic N) is 1. The molecule has 1 atom stereocenters. The summed E-state index contributed by atoms with van der Waals surface area (Å²) in [7, 11) is 0. The summed E-state index contributed by atoms with van der Waals surface area (Å²) in [6.45, 7) is 5.33. The van der Waals surface area contributed by atoms with E-state index in [0.717, 1.165) is 36.1 Å². The van der Waals surface area contributed by atoms with Crippen molar-refractivity contribution in [3.05, 3.63) is 47.2 Å². The molecule has 1 aliphatic heterocycles. The van der Waals surface area contributed by atoms with Gasteiger partial charge in [0, 0.05) is 13.0 Å². The van der Waals surface area contributed by atoms with Gasteiger partial charge in [0.25, 0.3) is 0 Å². The summed E-state index contributed by atoms with van der Waals surface area (Å²) in [6, 6.07) is 8.20. The molecule has 1 aromatic heterocycles. The first kappa shape index (κ1) is 12.2. The normalized spacial score (nSPS) is 17.3. The summed E-state index contributed by atoms with van der Waals surface area (Å²) < 4.78 is 11.4. The Morgan fingerprint density at radius 2 is 2.16 bits per heavy atom. The quantitative estimate of drug-likeness (QED) is 0.914. The minimum absolute atomic E-state index is 0.203. The largest absolute Gasteiger partial charge is 0.488 e. The Morgan fingerprint density at radius 3 is 2.89 bits per heavy atom. The van der Waals surface area contributed by atoms with Crippen LogP contribution < -0.4 is 10.1 Å². The highest BCUT2D eigenvalue weighted by molar-refractivity contribution is 5.37. The van der Waals surface area contributed by atoms with Crippen molar-refractivity contribution >= 4 is 0 Å². The Morgan fingerprint density at radius 1 is 1.32 bits per heavy atom. The minimum Gasteiger partial charge on any atom is -0.488 e. The van der Waals surface area contributed by atoms with Gasteiger partial charge in [-0.15, -0.1) is 0 Å². The van der Waals surface area contributed by atoms with Crippen molar-refractivity contribution in [3.63, 3.8) is 0 Å². The number of aryl methyl sites for hydroxylation is 2. The summed E-state index contributed by atoms with van der Waals surface area (Å²) in [5.41, 5.74) is 2.25. The molecule has 4 heteroatoms. The van der Waals surface area contributed by atoms with Gasteiger partial charge < -0.3 is 14.5 Å². The highest BCUT2D eigenvalue weighted by Gasteiger charge is 2.21. The fourth-order valence-electron chi connectivity index (χ4n) is 2.32. The van der Waals surface area contributed by atoms with Gasteiger partial charge in [0.15, 0.2) is 0 Å². The number of fused-ring (bicyclic) bond motifs is 1. The lowest BCUT2D eigenvalue weighted by Crippen LogP contribution is -2.29. The fourth-order valence-corrected chi connectivity index (χ4v) is 2.32. The lowest BCUT2D eigenvalue weighted by Gasteiger charge is -2.10. The molecule has 1 unspecified atom stereocenters. The van der Waals surface area contributed by atoms with E-state index in [-0.39, 0.29) is 6.10 Å². The highest BCUT2D eigenvalue weighted by Crippen LogP contribution is 2.27. The second kappa shape index (κ2) is 5.05. The summed E-state index contributed by atoms with van der Waals surface area (Å²) >= 11 is 0. The molecule has 0 bridgehead atoms. The van der Waals surface area contributed by atoms with Gasteiger partial charge in [0.1, 0.15) is 17.6 Å². The first-order chi connectivity index (χ1) is 9.22. The number of nitrogens with one attached hydrogen (secondary N) is 1. The number of ether oxygens (including phenoxy) is 1. The van der Waals surface area contributed by atoms with E-state index in [1.165, 1.54) is 5.56 Å². The molecule has 19 heavy (non-hydrogen) atoms. The minimum atomic E-state index is 0.203. The van der Waals surface area contributed by atoms with Gasteiger partial charge in [-0.05, 0) is 25.5 Å². The van der Waals surface area contributed by atoms with Gasteiger partial charge in [-0.2, -0.15) is 0 Å². The third kappa shape index (κ3) is 2.63. The van der Waals surface area contributed by atoms with Gasteiger partial charge >= 0.3 is 0 Å². The molecule has 0 amide bonds. The average Bonchev–Trinajstić information content (AvgIpc) is 2.93. The van der Waals surface area contributed by atoms with Crippen molar-refractivity contribution in [3.8, 4) is 5.75 Å². The van der Waals surface area contributed by atoms with E-state index < -0.39 is 0 Å².